The molecule has 1 saturated heterocycles. The predicted octanol–water partition coefficient (Wildman–Crippen LogP) is 4.28. The Kier molecular flexibility index (Phi) is 6.15. The molecule has 3 aliphatic rings. The Labute approximate surface area is 212 Å². The molecule has 1 aromatic heterocycles. The molecule has 0 unspecified atom stereocenters. The topological polar surface area (TPSA) is 104 Å². The molecule has 198 valence electrons. The minimum absolute atomic E-state index is 0.0769. The highest BCUT2D eigenvalue weighted by Gasteiger charge is 2.49. The fraction of sp³-hybridized carbons (Fsp3) is 0.520. The van der Waals surface area contributed by atoms with E-state index >= 15 is 0 Å². The van der Waals surface area contributed by atoms with Crippen molar-refractivity contribution in [3.05, 3.63) is 35.2 Å². The summed E-state index contributed by atoms with van der Waals surface area (Å²) in [5, 5.41) is 11.1. The van der Waals surface area contributed by atoms with E-state index in [9.17, 15) is 18.0 Å². The van der Waals surface area contributed by atoms with E-state index in [0.717, 1.165) is 29.1 Å². The van der Waals surface area contributed by atoms with Gasteiger partial charge in [-0.15, -0.1) is 0 Å². The number of ether oxygens (including phenoxy) is 2. The second-order valence-electron chi connectivity index (χ2n) is 9.93. The Balaban J connectivity index is 1.46. The number of nitrogens with one attached hydrogen (secondary N) is 2. The number of aromatic nitrogens is 2. The summed E-state index contributed by atoms with van der Waals surface area (Å²) < 4.78 is 51.1. The molecule has 5 rings (SSSR count). The van der Waals surface area contributed by atoms with Crippen LogP contribution in [0.25, 0.3) is 0 Å². The molecule has 1 fully saturated rings. The maximum Gasteiger partial charge on any atom is 0.408 e. The fourth-order valence-electron chi connectivity index (χ4n) is 5.25. The Hall–Kier alpha value is -3.57. The SMILES string of the molecule is CNc1nc(COC(=N)N2CCC[C@@H]2C(F)(F)F)nc2c1C(C)(C)C(=O)N2c1ccc2c(c1)CCCO2. The molecule has 1 atom stereocenters. The van der Waals surface area contributed by atoms with Gasteiger partial charge in [-0.3, -0.25) is 15.1 Å². The van der Waals surface area contributed by atoms with Gasteiger partial charge in [0.2, 0.25) is 5.91 Å². The summed E-state index contributed by atoms with van der Waals surface area (Å²) in [5.41, 5.74) is 1.34. The average Bonchev–Trinajstić information content (AvgIpc) is 3.44. The Morgan fingerprint density at radius 3 is 2.81 bits per heavy atom. The Bertz CT molecular complexity index is 1250. The number of alkyl halides is 3. The van der Waals surface area contributed by atoms with Gasteiger partial charge in [-0.2, -0.15) is 13.2 Å². The number of likely N-dealkylation sites (tertiary alicyclic amines) is 1. The van der Waals surface area contributed by atoms with Crippen molar-refractivity contribution in [1.29, 1.82) is 5.41 Å². The van der Waals surface area contributed by atoms with Crippen molar-refractivity contribution in [3.8, 4) is 5.75 Å². The number of nitrogens with zero attached hydrogens (tertiary/aromatic N) is 4. The first-order valence-corrected chi connectivity index (χ1v) is 12.3. The smallest absolute Gasteiger partial charge is 0.408 e. The van der Waals surface area contributed by atoms with Crippen LogP contribution in [0.4, 0.5) is 30.5 Å². The van der Waals surface area contributed by atoms with E-state index in [1.165, 1.54) is 0 Å². The Morgan fingerprint density at radius 2 is 2.08 bits per heavy atom. The van der Waals surface area contributed by atoms with Gasteiger partial charge in [-0.25, -0.2) is 9.97 Å². The number of anilines is 3. The number of hydrogen-bond acceptors (Lipinski definition) is 7. The number of carbonyl (C=O) groups excluding carboxylic acids is 1. The summed E-state index contributed by atoms with van der Waals surface area (Å²) in [6.45, 7) is 4.03. The molecular weight excluding hydrogens is 489 g/mol. The minimum Gasteiger partial charge on any atom is -0.493 e. The number of benzene rings is 1. The highest BCUT2D eigenvalue weighted by molar-refractivity contribution is 6.12. The number of amidine groups is 1. The van der Waals surface area contributed by atoms with Crippen LogP contribution in [0.1, 0.15) is 50.1 Å². The van der Waals surface area contributed by atoms with Crippen LogP contribution < -0.4 is 15.0 Å². The lowest BCUT2D eigenvalue weighted by Gasteiger charge is -2.27. The van der Waals surface area contributed by atoms with E-state index < -0.39 is 23.7 Å². The van der Waals surface area contributed by atoms with Crippen molar-refractivity contribution in [1.82, 2.24) is 14.9 Å². The molecule has 0 aliphatic carbocycles. The van der Waals surface area contributed by atoms with Crippen molar-refractivity contribution < 1.29 is 27.4 Å². The first kappa shape index (κ1) is 25.1. The maximum absolute atomic E-state index is 13.6. The van der Waals surface area contributed by atoms with Crippen molar-refractivity contribution in [2.24, 2.45) is 0 Å². The number of hydrogen-bond donors (Lipinski definition) is 2. The third kappa shape index (κ3) is 4.31. The molecule has 2 aromatic rings. The molecule has 0 spiro atoms. The van der Waals surface area contributed by atoms with E-state index in [-0.39, 0.29) is 31.3 Å². The summed E-state index contributed by atoms with van der Waals surface area (Å²) >= 11 is 0. The molecule has 0 saturated carbocycles. The zero-order valence-electron chi connectivity index (χ0n) is 20.9. The van der Waals surface area contributed by atoms with Gasteiger partial charge in [0.05, 0.1) is 23.3 Å². The summed E-state index contributed by atoms with van der Waals surface area (Å²) in [5.74, 6) is 1.57. The second-order valence-corrected chi connectivity index (χ2v) is 9.93. The number of carbonyl (C=O) groups is 1. The molecule has 9 nitrogen and oxygen atoms in total. The number of aryl methyl sites for hydroxylation is 1. The molecule has 1 amide bonds. The number of halogens is 3. The first-order valence-electron chi connectivity index (χ1n) is 12.3. The summed E-state index contributed by atoms with van der Waals surface area (Å²) in [6, 6.07) is 3.27. The van der Waals surface area contributed by atoms with Crippen LogP contribution >= 0.6 is 0 Å². The summed E-state index contributed by atoms with van der Waals surface area (Å²) in [7, 11) is 1.67. The molecule has 1 aromatic carbocycles. The first-order chi connectivity index (χ1) is 17.5. The van der Waals surface area contributed by atoms with E-state index in [4.69, 9.17) is 14.9 Å². The molecule has 4 heterocycles. The van der Waals surface area contributed by atoms with Crippen LogP contribution in [0.15, 0.2) is 18.2 Å². The van der Waals surface area contributed by atoms with Crippen molar-refractivity contribution in [2.75, 3.05) is 30.4 Å². The number of rotatable bonds is 4. The van der Waals surface area contributed by atoms with Crippen LogP contribution in [0.2, 0.25) is 0 Å². The van der Waals surface area contributed by atoms with Gasteiger partial charge in [0.1, 0.15) is 23.4 Å². The molecule has 2 N–H and O–H groups in total. The normalized spacial score (nSPS) is 20.4. The molecule has 0 radical (unpaired) electrons. The third-order valence-electron chi connectivity index (χ3n) is 7.13. The third-order valence-corrected chi connectivity index (χ3v) is 7.13. The summed E-state index contributed by atoms with van der Waals surface area (Å²) in [6.07, 6.45) is -2.47. The lowest BCUT2D eigenvalue weighted by molar-refractivity contribution is -0.169. The monoisotopic (exact) mass is 518 g/mol. The molecule has 0 bridgehead atoms. The zero-order valence-corrected chi connectivity index (χ0v) is 20.9. The van der Waals surface area contributed by atoms with Crippen molar-refractivity contribution in [2.45, 2.75) is 63.8 Å². The van der Waals surface area contributed by atoms with Gasteiger partial charge in [0.15, 0.2) is 12.4 Å². The molecule has 3 aliphatic heterocycles. The minimum atomic E-state index is -4.44. The van der Waals surface area contributed by atoms with Gasteiger partial charge in [0.25, 0.3) is 6.02 Å². The van der Waals surface area contributed by atoms with Gasteiger partial charge in [0, 0.05) is 13.6 Å². The second kappa shape index (κ2) is 9.07. The predicted molar refractivity (Wildman–Crippen MR) is 130 cm³/mol. The molecular formula is C25H29F3N6O3. The van der Waals surface area contributed by atoms with Crippen LogP contribution in [-0.4, -0.2) is 59.2 Å². The van der Waals surface area contributed by atoms with Gasteiger partial charge >= 0.3 is 6.18 Å². The highest BCUT2D eigenvalue weighted by Crippen LogP contribution is 2.48. The van der Waals surface area contributed by atoms with E-state index in [0.29, 0.717) is 35.9 Å². The fourth-order valence-corrected chi connectivity index (χ4v) is 5.25. The quantitative estimate of drug-likeness (QED) is 0.460. The molecule has 37 heavy (non-hydrogen) atoms. The lowest BCUT2D eigenvalue weighted by Crippen LogP contribution is -2.45. The largest absolute Gasteiger partial charge is 0.493 e. The van der Waals surface area contributed by atoms with Crippen molar-refractivity contribution in [3.63, 3.8) is 0 Å². The van der Waals surface area contributed by atoms with E-state index in [2.05, 4.69) is 15.3 Å². The van der Waals surface area contributed by atoms with Gasteiger partial charge in [-0.05, 0) is 63.3 Å². The Morgan fingerprint density at radius 1 is 1.30 bits per heavy atom. The molecule has 12 heteroatoms. The zero-order chi connectivity index (χ0) is 26.5. The number of amides is 1. The van der Waals surface area contributed by atoms with Crippen LogP contribution in [-0.2, 0) is 28.0 Å². The van der Waals surface area contributed by atoms with E-state index in [1.54, 1.807) is 25.8 Å². The lowest BCUT2D eigenvalue weighted by atomic mass is 9.87. The number of fused-ring (bicyclic) bond motifs is 2. The standard InChI is InChI=1S/C25H29F3N6O3/c1-24(2)19-20(30-3)31-18(13-37-23(29)33-10-4-7-17(33)25(26,27)28)32-21(19)34(22(24)35)15-8-9-16-14(12-15)6-5-11-36-16/h8-9,12,17,29H,4-7,10-11,13H2,1-3H3,(H,30,31,32)/t17-/m1/s1. The van der Waals surface area contributed by atoms with Crippen LogP contribution in [0.3, 0.4) is 0 Å². The van der Waals surface area contributed by atoms with Crippen LogP contribution in [0.5, 0.6) is 5.75 Å². The van der Waals surface area contributed by atoms with Gasteiger partial charge < -0.3 is 19.7 Å². The van der Waals surface area contributed by atoms with E-state index in [1.807, 2.05) is 18.2 Å². The highest BCUT2D eigenvalue weighted by atomic mass is 19.4. The summed E-state index contributed by atoms with van der Waals surface area (Å²) in [4.78, 5) is 25.2. The van der Waals surface area contributed by atoms with Crippen LogP contribution in [0, 0.1) is 5.41 Å². The average molecular weight is 519 g/mol. The van der Waals surface area contributed by atoms with Crippen molar-refractivity contribution >= 4 is 29.3 Å². The maximum atomic E-state index is 13.6. The van der Waals surface area contributed by atoms with Gasteiger partial charge in [-0.1, -0.05) is 0 Å².